The molecule has 0 spiro atoms. The zero-order valence-corrected chi connectivity index (χ0v) is 10.3. The van der Waals surface area contributed by atoms with Crippen molar-refractivity contribution in [3.05, 3.63) is 29.8 Å². The van der Waals surface area contributed by atoms with Crippen LogP contribution in [0.15, 0.2) is 24.3 Å². The van der Waals surface area contributed by atoms with Crippen LogP contribution in [0.2, 0.25) is 0 Å². The third kappa shape index (κ3) is 4.66. The Morgan fingerprint density at radius 3 is 2.37 bits per heavy atom. The molecule has 0 aliphatic rings. The van der Waals surface area contributed by atoms with Gasteiger partial charge in [0.25, 0.3) is 5.91 Å². The molecule has 1 aromatic rings. The summed E-state index contributed by atoms with van der Waals surface area (Å²) in [6.07, 6.45) is 0. The number of carboxylic acids is 1. The minimum absolute atomic E-state index is 0.291. The molecule has 1 atom stereocenters. The molecule has 0 bridgehead atoms. The van der Waals surface area contributed by atoms with Crippen molar-refractivity contribution in [1.29, 1.82) is 0 Å². The van der Waals surface area contributed by atoms with Crippen LogP contribution in [0.1, 0.15) is 17.3 Å². The molecule has 0 aliphatic heterocycles. The normalized spacial score (nSPS) is 11.4. The number of amides is 2. The molecule has 0 saturated carbocycles. The van der Waals surface area contributed by atoms with Gasteiger partial charge in [-0.15, -0.1) is 0 Å². The van der Waals surface area contributed by atoms with Gasteiger partial charge in [0, 0.05) is 11.3 Å². The van der Waals surface area contributed by atoms with Crippen LogP contribution in [0, 0.1) is 0 Å². The fraction of sp³-hybridized carbons (Fsp3) is 0.250. The molecule has 7 nitrogen and oxygen atoms in total. The maximum absolute atomic E-state index is 11.6. The molecular weight excluding hydrogens is 250 g/mol. The van der Waals surface area contributed by atoms with Crippen LogP contribution in [0.4, 0.5) is 5.69 Å². The Morgan fingerprint density at radius 2 is 1.84 bits per heavy atom. The summed E-state index contributed by atoms with van der Waals surface area (Å²) in [5, 5.41) is 13.2. The van der Waals surface area contributed by atoms with Crippen LogP contribution in [0.25, 0.3) is 0 Å². The van der Waals surface area contributed by atoms with E-state index in [1.165, 1.54) is 19.1 Å². The predicted octanol–water partition coefficient (Wildman–Crippen LogP) is -0.412. The van der Waals surface area contributed by atoms with E-state index in [0.29, 0.717) is 11.3 Å². The van der Waals surface area contributed by atoms with Gasteiger partial charge in [-0.2, -0.15) is 0 Å². The summed E-state index contributed by atoms with van der Waals surface area (Å²) in [6, 6.07) is 5.20. The first kappa shape index (κ1) is 14.5. The van der Waals surface area contributed by atoms with Crippen molar-refractivity contribution in [1.82, 2.24) is 10.6 Å². The Labute approximate surface area is 109 Å². The lowest BCUT2D eigenvalue weighted by atomic mass is 10.2. The van der Waals surface area contributed by atoms with Gasteiger partial charge in [-0.3, -0.25) is 14.4 Å². The van der Waals surface area contributed by atoms with E-state index in [0.717, 1.165) is 0 Å². The molecule has 0 heterocycles. The molecule has 1 aromatic carbocycles. The molecule has 0 aromatic heterocycles. The largest absolute Gasteiger partial charge is 0.480 e. The highest BCUT2D eigenvalue weighted by Crippen LogP contribution is 2.04. The first-order valence-electron chi connectivity index (χ1n) is 5.56. The number of hydrogen-bond acceptors (Lipinski definition) is 4. The summed E-state index contributed by atoms with van der Waals surface area (Å²) in [4.78, 5) is 33.5. The summed E-state index contributed by atoms with van der Waals surface area (Å²) in [5.41, 5.74) is 6.38. The molecular formula is C12H15N3O4. The highest BCUT2D eigenvalue weighted by Gasteiger charge is 2.14. The second-order valence-electron chi connectivity index (χ2n) is 3.93. The summed E-state index contributed by atoms with van der Waals surface area (Å²) in [5.74, 6) is -2.14. The molecule has 0 fully saturated rings. The molecule has 0 aliphatic carbocycles. The van der Waals surface area contributed by atoms with E-state index in [2.05, 4.69) is 10.6 Å². The van der Waals surface area contributed by atoms with Crippen LogP contribution < -0.4 is 16.4 Å². The van der Waals surface area contributed by atoms with Crippen molar-refractivity contribution >= 4 is 23.5 Å². The second kappa shape index (κ2) is 6.39. The van der Waals surface area contributed by atoms with E-state index in [1.54, 1.807) is 12.1 Å². The zero-order chi connectivity index (χ0) is 14.4. The monoisotopic (exact) mass is 265 g/mol. The van der Waals surface area contributed by atoms with Crippen molar-refractivity contribution in [2.75, 3.05) is 12.3 Å². The lowest BCUT2D eigenvalue weighted by Gasteiger charge is -2.10. The molecule has 0 saturated heterocycles. The molecule has 19 heavy (non-hydrogen) atoms. The molecule has 0 radical (unpaired) electrons. The predicted molar refractivity (Wildman–Crippen MR) is 68.4 cm³/mol. The molecule has 1 rings (SSSR count). The fourth-order valence-electron chi connectivity index (χ4n) is 1.25. The number of carbonyl (C=O) groups is 3. The molecule has 7 heteroatoms. The van der Waals surface area contributed by atoms with Crippen molar-refractivity contribution in [3.63, 3.8) is 0 Å². The van der Waals surface area contributed by atoms with Gasteiger partial charge in [-0.05, 0) is 31.2 Å². The van der Waals surface area contributed by atoms with Crippen LogP contribution in [0.3, 0.4) is 0 Å². The minimum atomic E-state index is -1.14. The summed E-state index contributed by atoms with van der Waals surface area (Å²) < 4.78 is 0. The number of nitrogens with two attached hydrogens (primary N) is 1. The average Bonchev–Trinajstić information content (AvgIpc) is 2.36. The van der Waals surface area contributed by atoms with E-state index in [9.17, 15) is 14.4 Å². The van der Waals surface area contributed by atoms with E-state index in [-0.39, 0.29) is 6.54 Å². The van der Waals surface area contributed by atoms with Crippen molar-refractivity contribution < 1.29 is 19.5 Å². The quantitative estimate of drug-likeness (QED) is 0.539. The number of benzene rings is 1. The van der Waals surface area contributed by atoms with Crippen molar-refractivity contribution in [2.24, 2.45) is 0 Å². The summed E-state index contributed by atoms with van der Waals surface area (Å²) in [6.45, 7) is 1.04. The second-order valence-corrected chi connectivity index (χ2v) is 3.93. The van der Waals surface area contributed by atoms with Gasteiger partial charge in [0.05, 0.1) is 6.54 Å². The van der Waals surface area contributed by atoms with E-state index in [1.807, 2.05) is 0 Å². The number of carbonyl (C=O) groups excluding carboxylic acids is 2. The van der Waals surface area contributed by atoms with Gasteiger partial charge < -0.3 is 21.5 Å². The Kier molecular flexibility index (Phi) is 4.87. The van der Waals surface area contributed by atoms with E-state index < -0.39 is 23.8 Å². The highest BCUT2D eigenvalue weighted by molar-refractivity contribution is 5.97. The van der Waals surface area contributed by atoms with E-state index >= 15 is 0 Å². The number of hydrogen-bond donors (Lipinski definition) is 4. The van der Waals surface area contributed by atoms with Crippen LogP contribution >= 0.6 is 0 Å². The van der Waals surface area contributed by atoms with Crippen LogP contribution in [0.5, 0.6) is 0 Å². The number of anilines is 1. The van der Waals surface area contributed by atoms with Crippen LogP contribution in [-0.4, -0.2) is 35.5 Å². The van der Waals surface area contributed by atoms with Gasteiger partial charge in [0.1, 0.15) is 6.04 Å². The molecule has 1 unspecified atom stereocenters. The standard InChI is InChI=1S/C12H15N3O4/c1-7(12(18)19)15-10(16)6-14-11(17)8-2-4-9(13)5-3-8/h2-5,7H,6,13H2,1H3,(H,14,17)(H,15,16)(H,18,19). The number of nitrogens with one attached hydrogen (secondary N) is 2. The van der Waals surface area contributed by atoms with Gasteiger partial charge in [0.2, 0.25) is 5.91 Å². The number of carboxylic acid groups (broad SMARTS) is 1. The number of nitrogen functional groups attached to an aromatic ring is 1. The maximum atomic E-state index is 11.6. The summed E-state index contributed by atoms with van der Waals surface area (Å²) >= 11 is 0. The number of aliphatic carboxylic acids is 1. The molecule has 2 amide bonds. The molecule has 102 valence electrons. The van der Waals surface area contributed by atoms with Gasteiger partial charge in [-0.1, -0.05) is 0 Å². The van der Waals surface area contributed by atoms with Gasteiger partial charge >= 0.3 is 5.97 Å². The third-order valence-corrected chi connectivity index (χ3v) is 2.33. The maximum Gasteiger partial charge on any atom is 0.325 e. The highest BCUT2D eigenvalue weighted by atomic mass is 16.4. The lowest BCUT2D eigenvalue weighted by molar-refractivity contribution is -0.141. The third-order valence-electron chi connectivity index (χ3n) is 2.33. The Bertz CT molecular complexity index is 484. The Hall–Kier alpha value is -2.57. The zero-order valence-electron chi connectivity index (χ0n) is 10.3. The van der Waals surface area contributed by atoms with Crippen molar-refractivity contribution in [2.45, 2.75) is 13.0 Å². The Balaban J connectivity index is 2.44. The van der Waals surface area contributed by atoms with E-state index in [4.69, 9.17) is 10.8 Å². The van der Waals surface area contributed by atoms with Crippen LogP contribution in [-0.2, 0) is 9.59 Å². The SMILES string of the molecule is CC(NC(=O)CNC(=O)c1ccc(N)cc1)C(=O)O. The smallest absolute Gasteiger partial charge is 0.325 e. The average molecular weight is 265 g/mol. The van der Waals surface area contributed by atoms with Gasteiger partial charge in [0.15, 0.2) is 0 Å². The minimum Gasteiger partial charge on any atom is -0.480 e. The Morgan fingerprint density at radius 1 is 1.26 bits per heavy atom. The van der Waals surface area contributed by atoms with Gasteiger partial charge in [-0.25, -0.2) is 0 Å². The fourth-order valence-corrected chi connectivity index (χ4v) is 1.25. The summed E-state index contributed by atoms with van der Waals surface area (Å²) in [7, 11) is 0. The first-order valence-corrected chi connectivity index (χ1v) is 5.56. The topological polar surface area (TPSA) is 122 Å². The molecule has 5 N–H and O–H groups in total. The number of rotatable bonds is 5. The first-order chi connectivity index (χ1) is 8.90. The lowest BCUT2D eigenvalue weighted by Crippen LogP contribution is -2.43. The van der Waals surface area contributed by atoms with Crippen molar-refractivity contribution in [3.8, 4) is 0 Å².